The van der Waals surface area contributed by atoms with Gasteiger partial charge in [-0.25, -0.2) is 13.1 Å². The van der Waals surface area contributed by atoms with Crippen LogP contribution in [0.1, 0.15) is 66.7 Å². The van der Waals surface area contributed by atoms with Crippen LogP contribution in [0.5, 0.6) is 0 Å². The second-order valence-electron chi connectivity index (χ2n) is 14.4. The molecular formula is C43H50N4O5S. The SMILES string of the molecule is CN[C@H](Cc1ccccc1)C(=O)N[C@@H]1C(=O)N2[C@@H](CC[C@@H]1CCNS(=O)(=O)c1ccc(C)cc1)CC[C@H]2C(=O)CC(c1ccccc1)c1ccccc1. The van der Waals surface area contributed by atoms with Crippen molar-refractivity contribution in [3.63, 3.8) is 0 Å². The molecule has 4 aromatic carbocycles. The number of aryl methyl sites for hydroxylation is 1. The van der Waals surface area contributed by atoms with Crippen molar-refractivity contribution in [3.8, 4) is 0 Å². The first-order valence-electron chi connectivity index (χ1n) is 18.7. The quantitative estimate of drug-likeness (QED) is 0.147. The van der Waals surface area contributed by atoms with E-state index in [0.29, 0.717) is 38.5 Å². The van der Waals surface area contributed by atoms with Crippen LogP contribution < -0.4 is 15.4 Å². The zero-order valence-electron chi connectivity index (χ0n) is 30.5. The van der Waals surface area contributed by atoms with Gasteiger partial charge in [-0.3, -0.25) is 14.4 Å². The van der Waals surface area contributed by atoms with E-state index >= 15 is 0 Å². The van der Waals surface area contributed by atoms with Crippen molar-refractivity contribution in [1.29, 1.82) is 0 Å². The first-order valence-corrected chi connectivity index (χ1v) is 20.2. The molecule has 53 heavy (non-hydrogen) atoms. The Bertz CT molecular complexity index is 1900. The molecule has 278 valence electrons. The zero-order chi connectivity index (χ0) is 37.4. The lowest BCUT2D eigenvalue weighted by Crippen LogP contribution is -2.57. The van der Waals surface area contributed by atoms with E-state index < -0.39 is 28.1 Å². The Morgan fingerprint density at radius 2 is 1.38 bits per heavy atom. The van der Waals surface area contributed by atoms with Gasteiger partial charge in [0.2, 0.25) is 21.8 Å². The third-order valence-corrected chi connectivity index (χ3v) is 12.4. The van der Waals surface area contributed by atoms with Crippen molar-refractivity contribution in [2.75, 3.05) is 13.6 Å². The molecule has 0 aromatic heterocycles. The van der Waals surface area contributed by atoms with E-state index in [4.69, 9.17) is 0 Å². The Kier molecular flexibility index (Phi) is 12.5. The summed E-state index contributed by atoms with van der Waals surface area (Å²) in [6.07, 6.45) is 3.55. The third kappa shape index (κ3) is 9.30. The maximum atomic E-state index is 14.8. The topological polar surface area (TPSA) is 125 Å². The zero-order valence-corrected chi connectivity index (χ0v) is 31.3. The number of fused-ring (bicyclic) bond motifs is 1. The summed E-state index contributed by atoms with van der Waals surface area (Å²) in [6.45, 7) is 2.00. The summed E-state index contributed by atoms with van der Waals surface area (Å²) in [4.78, 5) is 45.0. The van der Waals surface area contributed by atoms with Crippen molar-refractivity contribution < 1.29 is 22.8 Å². The van der Waals surface area contributed by atoms with Crippen LogP contribution in [0.4, 0.5) is 0 Å². The molecule has 2 aliphatic heterocycles. The molecule has 3 N–H and O–H groups in total. The fourth-order valence-electron chi connectivity index (χ4n) is 7.99. The summed E-state index contributed by atoms with van der Waals surface area (Å²) in [5, 5.41) is 6.21. The van der Waals surface area contributed by atoms with Gasteiger partial charge in [-0.2, -0.15) is 0 Å². The third-order valence-electron chi connectivity index (χ3n) is 10.9. The lowest BCUT2D eigenvalue weighted by Gasteiger charge is -2.33. The van der Waals surface area contributed by atoms with Gasteiger partial charge in [0.05, 0.1) is 17.0 Å². The Labute approximate surface area is 313 Å². The second-order valence-corrected chi connectivity index (χ2v) is 16.2. The Morgan fingerprint density at radius 1 is 0.792 bits per heavy atom. The Balaban J connectivity index is 1.24. The lowest BCUT2D eigenvalue weighted by molar-refractivity contribution is -0.143. The maximum Gasteiger partial charge on any atom is 0.246 e. The molecule has 0 aliphatic carbocycles. The van der Waals surface area contributed by atoms with Crippen LogP contribution in [0.25, 0.3) is 0 Å². The van der Waals surface area contributed by atoms with Gasteiger partial charge in [-0.1, -0.05) is 109 Å². The van der Waals surface area contributed by atoms with Gasteiger partial charge in [0.15, 0.2) is 5.78 Å². The summed E-state index contributed by atoms with van der Waals surface area (Å²) in [6, 6.07) is 34.1. The largest absolute Gasteiger partial charge is 0.343 e. The average molecular weight is 735 g/mol. The molecule has 0 radical (unpaired) electrons. The Hall–Kier alpha value is -4.64. The van der Waals surface area contributed by atoms with Gasteiger partial charge in [-0.05, 0) is 87.2 Å². The number of carbonyl (C=O) groups excluding carboxylic acids is 3. The molecule has 10 heteroatoms. The fourth-order valence-corrected chi connectivity index (χ4v) is 9.03. The molecule has 0 saturated carbocycles. The highest BCUT2D eigenvalue weighted by Crippen LogP contribution is 2.37. The van der Waals surface area contributed by atoms with Crippen molar-refractivity contribution in [2.45, 2.75) is 86.9 Å². The maximum absolute atomic E-state index is 14.8. The molecule has 0 bridgehead atoms. The molecule has 2 aliphatic rings. The summed E-state index contributed by atoms with van der Waals surface area (Å²) in [5.41, 5.74) is 4.02. The molecule has 2 fully saturated rings. The smallest absolute Gasteiger partial charge is 0.246 e. The van der Waals surface area contributed by atoms with Crippen LogP contribution in [-0.4, -0.2) is 68.7 Å². The number of amides is 2. The first-order chi connectivity index (χ1) is 25.6. The molecule has 5 atom stereocenters. The molecule has 0 unspecified atom stereocenters. The highest BCUT2D eigenvalue weighted by Gasteiger charge is 2.47. The van der Waals surface area contributed by atoms with Gasteiger partial charge in [0, 0.05) is 24.9 Å². The predicted molar refractivity (Wildman–Crippen MR) is 207 cm³/mol. The van der Waals surface area contributed by atoms with Crippen molar-refractivity contribution in [1.82, 2.24) is 20.3 Å². The van der Waals surface area contributed by atoms with Crippen LogP contribution >= 0.6 is 0 Å². The van der Waals surface area contributed by atoms with Crippen LogP contribution in [0.3, 0.4) is 0 Å². The molecule has 2 saturated heterocycles. The van der Waals surface area contributed by atoms with E-state index in [2.05, 4.69) is 15.4 Å². The number of Topliss-reactive ketones (excluding diaryl/α,β-unsaturated/α-hetero) is 1. The number of likely N-dealkylation sites (N-methyl/N-ethyl adjacent to an activating group) is 1. The van der Waals surface area contributed by atoms with Gasteiger partial charge in [0.25, 0.3) is 0 Å². The molecule has 4 aromatic rings. The normalized spacial score (nSPS) is 20.8. The molecular weight excluding hydrogens is 685 g/mol. The van der Waals surface area contributed by atoms with E-state index in [9.17, 15) is 22.8 Å². The molecule has 0 spiro atoms. The van der Waals surface area contributed by atoms with Gasteiger partial charge >= 0.3 is 0 Å². The Morgan fingerprint density at radius 3 is 1.98 bits per heavy atom. The molecule has 6 rings (SSSR count). The first kappa shape index (κ1) is 38.1. The van der Waals surface area contributed by atoms with E-state index in [-0.39, 0.29) is 53.3 Å². The molecule has 9 nitrogen and oxygen atoms in total. The number of hydrogen-bond donors (Lipinski definition) is 3. The molecule has 2 amide bonds. The minimum absolute atomic E-state index is 0.00474. The minimum Gasteiger partial charge on any atom is -0.343 e. The van der Waals surface area contributed by atoms with Crippen LogP contribution in [0, 0.1) is 12.8 Å². The van der Waals surface area contributed by atoms with Crippen LogP contribution in [0.2, 0.25) is 0 Å². The summed E-state index contributed by atoms with van der Waals surface area (Å²) in [5.74, 6) is -1.08. The fraction of sp³-hybridized carbons (Fsp3) is 0.372. The van der Waals surface area contributed by atoms with E-state index in [1.54, 1.807) is 36.2 Å². The van der Waals surface area contributed by atoms with E-state index in [1.807, 2.05) is 97.9 Å². The highest BCUT2D eigenvalue weighted by molar-refractivity contribution is 7.89. The van der Waals surface area contributed by atoms with Crippen molar-refractivity contribution in [3.05, 3.63) is 138 Å². The summed E-state index contributed by atoms with van der Waals surface area (Å²) in [7, 11) is -2.05. The standard InChI is InChI=1S/C43H50N4O5S/c1-30-18-23-36(24-19-30)53(51,52)45-27-26-34-20-21-35-22-25-39(40(48)29-37(32-14-8-4-9-15-32)33-16-10-5-11-17-33)47(35)43(50)41(34)46-42(49)38(44-2)28-31-12-6-3-7-13-31/h3-19,23-24,34-35,37-39,41,44-45H,20-22,25-29H2,1-2H3,(H,46,49)/t34-,35+,38-,39+,41+/m1/s1. The number of sulfonamides is 1. The number of carbonyl (C=O) groups is 3. The predicted octanol–water partition coefficient (Wildman–Crippen LogP) is 5.54. The van der Waals surface area contributed by atoms with Crippen molar-refractivity contribution >= 4 is 27.6 Å². The number of hydrogen-bond acceptors (Lipinski definition) is 6. The number of benzene rings is 4. The van der Waals surface area contributed by atoms with Crippen LogP contribution in [0.15, 0.2) is 120 Å². The van der Waals surface area contributed by atoms with Crippen LogP contribution in [-0.2, 0) is 30.8 Å². The number of ketones is 1. The number of nitrogens with one attached hydrogen (secondary N) is 3. The second kappa shape index (κ2) is 17.5. The number of nitrogens with zero attached hydrogens (tertiary/aromatic N) is 1. The van der Waals surface area contributed by atoms with Gasteiger partial charge in [-0.15, -0.1) is 0 Å². The number of rotatable bonds is 15. The van der Waals surface area contributed by atoms with Crippen molar-refractivity contribution in [2.24, 2.45) is 5.92 Å². The summed E-state index contributed by atoms with van der Waals surface area (Å²) < 4.78 is 29.0. The average Bonchev–Trinajstić information content (AvgIpc) is 3.56. The minimum atomic E-state index is -3.77. The monoisotopic (exact) mass is 734 g/mol. The highest BCUT2D eigenvalue weighted by atomic mass is 32.2. The van der Waals surface area contributed by atoms with E-state index in [0.717, 1.165) is 22.3 Å². The lowest BCUT2D eigenvalue weighted by atomic mass is 9.85. The van der Waals surface area contributed by atoms with Gasteiger partial charge < -0.3 is 15.5 Å². The van der Waals surface area contributed by atoms with E-state index in [1.165, 1.54) is 0 Å². The molecule has 2 heterocycles. The van der Waals surface area contributed by atoms with Gasteiger partial charge in [0.1, 0.15) is 6.04 Å². The summed E-state index contributed by atoms with van der Waals surface area (Å²) >= 11 is 0.